The van der Waals surface area contributed by atoms with Crippen molar-refractivity contribution in [1.82, 2.24) is 0 Å². The maximum absolute atomic E-state index is 9.21. The summed E-state index contributed by atoms with van der Waals surface area (Å²) in [6.45, 7) is 5.35. The van der Waals surface area contributed by atoms with Gasteiger partial charge >= 0.3 is 0 Å². The van der Waals surface area contributed by atoms with Crippen molar-refractivity contribution in [2.45, 2.75) is 6.92 Å². The Morgan fingerprint density at radius 2 is 2.27 bits per heavy atom. The summed E-state index contributed by atoms with van der Waals surface area (Å²) in [6, 6.07) is 6.88. The molecular weight excluding hydrogens is 188 g/mol. The first-order valence-electron chi connectivity index (χ1n) is 4.40. The summed E-state index contributed by atoms with van der Waals surface area (Å²) >= 11 is 0. The molecular formula is C12H12N2O. The van der Waals surface area contributed by atoms with Gasteiger partial charge in [-0.25, -0.2) is 0 Å². The van der Waals surface area contributed by atoms with E-state index in [2.05, 4.69) is 6.58 Å². The smallest absolute Gasteiger partial charge is 0.115 e. The SMILES string of the molecule is C=C(N)/C(C#N)=C/c1ccc(O)cc1C. The molecule has 15 heavy (non-hydrogen) atoms. The molecule has 0 heterocycles. The van der Waals surface area contributed by atoms with E-state index in [0.29, 0.717) is 5.57 Å². The van der Waals surface area contributed by atoms with Gasteiger partial charge in [-0.2, -0.15) is 5.26 Å². The van der Waals surface area contributed by atoms with Gasteiger partial charge < -0.3 is 10.8 Å². The first kappa shape index (κ1) is 10.9. The van der Waals surface area contributed by atoms with Gasteiger partial charge in [0.1, 0.15) is 11.8 Å². The molecule has 0 aliphatic carbocycles. The molecule has 3 nitrogen and oxygen atoms in total. The highest BCUT2D eigenvalue weighted by atomic mass is 16.3. The van der Waals surface area contributed by atoms with E-state index in [1.54, 1.807) is 24.3 Å². The molecule has 0 aliphatic heterocycles. The number of nitriles is 1. The third kappa shape index (κ3) is 2.61. The number of hydrogen-bond donors (Lipinski definition) is 2. The van der Waals surface area contributed by atoms with Crippen LogP contribution in [0.15, 0.2) is 36.0 Å². The van der Waals surface area contributed by atoms with Gasteiger partial charge in [-0.05, 0) is 36.3 Å². The Morgan fingerprint density at radius 3 is 2.73 bits per heavy atom. The molecule has 0 unspecified atom stereocenters. The third-order valence-corrected chi connectivity index (χ3v) is 2.02. The highest BCUT2D eigenvalue weighted by Gasteiger charge is 2.01. The minimum Gasteiger partial charge on any atom is -0.508 e. The number of nitrogens with zero attached hydrogens (tertiary/aromatic N) is 1. The summed E-state index contributed by atoms with van der Waals surface area (Å²) in [5.74, 6) is 0.203. The topological polar surface area (TPSA) is 70.0 Å². The van der Waals surface area contributed by atoms with Crippen LogP contribution in [0, 0.1) is 18.3 Å². The Hall–Kier alpha value is -2.21. The molecule has 0 atom stereocenters. The molecule has 0 aromatic heterocycles. The molecule has 76 valence electrons. The van der Waals surface area contributed by atoms with E-state index in [4.69, 9.17) is 11.0 Å². The van der Waals surface area contributed by atoms with Crippen molar-refractivity contribution in [3.63, 3.8) is 0 Å². The fourth-order valence-electron chi connectivity index (χ4n) is 1.17. The van der Waals surface area contributed by atoms with Crippen molar-refractivity contribution in [3.05, 3.63) is 47.2 Å². The standard InChI is InChI=1S/C12H12N2O/c1-8-5-12(15)4-3-10(8)6-11(7-13)9(2)14/h3-6,15H,2,14H2,1H3/b11-6+. The van der Waals surface area contributed by atoms with Crippen molar-refractivity contribution < 1.29 is 5.11 Å². The molecule has 0 fully saturated rings. The molecule has 3 heteroatoms. The van der Waals surface area contributed by atoms with Crippen LogP contribution in [0.5, 0.6) is 5.75 Å². The van der Waals surface area contributed by atoms with E-state index in [1.165, 1.54) is 0 Å². The van der Waals surface area contributed by atoms with Crippen LogP contribution in [0.3, 0.4) is 0 Å². The van der Waals surface area contributed by atoms with E-state index >= 15 is 0 Å². The summed E-state index contributed by atoms with van der Waals surface area (Å²) in [7, 11) is 0. The van der Waals surface area contributed by atoms with Crippen LogP contribution in [-0.2, 0) is 0 Å². The number of hydrogen-bond acceptors (Lipinski definition) is 3. The average molecular weight is 200 g/mol. The number of rotatable bonds is 2. The van der Waals surface area contributed by atoms with Gasteiger partial charge in [-0.3, -0.25) is 0 Å². The molecule has 0 spiro atoms. The van der Waals surface area contributed by atoms with Crippen molar-refractivity contribution in [1.29, 1.82) is 5.26 Å². The summed E-state index contributed by atoms with van der Waals surface area (Å²) in [4.78, 5) is 0. The lowest BCUT2D eigenvalue weighted by molar-refractivity contribution is 0.475. The Balaban J connectivity index is 3.19. The lowest BCUT2D eigenvalue weighted by Gasteiger charge is -2.02. The van der Waals surface area contributed by atoms with Gasteiger partial charge in [0.2, 0.25) is 0 Å². The monoisotopic (exact) mass is 200 g/mol. The fraction of sp³-hybridized carbons (Fsp3) is 0.0833. The van der Waals surface area contributed by atoms with E-state index in [0.717, 1.165) is 11.1 Å². The second-order valence-electron chi connectivity index (χ2n) is 3.24. The van der Waals surface area contributed by atoms with E-state index in [1.807, 2.05) is 13.0 Å². The molecule has 0 aliphatic rings. The maximum Gasteiger partial charge on any atom is 0.115 e. The quantitative estimate of drug-likeness (QED) is 0.567. The largest absolute Gasteiger partial charge is 0.508 e. The molecule has 1 aromatic rings. The van der Waals surface area contributed by atoms with Gasteiger partial charge in [0.25, 0.3) is 0 Å². The van der Waals surface area contributed by atoms with Crippen LogP contribution in [0.2, 0.25) is 0 Å². The first-order chi connectivity index (χ1) is 7.04. The zero-order valence-corrected chi connectivity index (χ0v) is 8.49. The molecule has 1 aromatic carbocycles. The number of phenolic OH excluding ortho intramolecular Hbond substituents is 1. The predicted octanol–water partition coefficient (Wildman–Crippen LogP) is 2.08. The van der Waals surface area contributed by atoms with Crippen molar-refractivity contribution >= 4 is 6.08 Å². The van der Waals surface area contributed by atoms with E-state index < -0.39 is 0 Å². The molecule has 0 saturated heterocycles. The molecule has 0 radical (unpaired) electrons. The number of aryl methyl sites for hydroxylation is 1. The summed E-state index contributed by atoms with van der Waals surface area (Å²) in [5, 5.41) is 18.0. The van der Waals surface area contributed by atoms with E-state index in [9.17, 15) is 5.11 Å². The Labute approximate surface area is 88.8 Å². The Kier molecular flexibility index (Phi) is 3.14. The van der Waals surface area contributed by atoms with Crippen molar-refractivity contribution in [2.24, 2.45) is 5.73 Å². The average Bonchev–Trinajstić information content (AvgIpc) is 2.16. The normalized spacial score (nSPS) is 10.8. The number of aromatic hydroxyl groups is 1. The molecule has 1 rings (SSSR count). The highest BCUT2D eigenvalue weighted by molar-refractivity contribution is 5.65. The van der Waals surface area contributed by atoms with Gasteiger partial charge in [0.15, 0.2) is 0 Å². The molecule has 0 amide bonds. The lowest BCUT2D eigenvalue weighted by atomic mass is 10.0. The summed E-state index contributed by atoms with van der Waals surface area (Å²) in [5.41, 5.74) is 7.74. The van der Waals surface area contributed by atoms with Crippen LogP contribution in [0.1, 0.15) is 11.1 Å². The van der Waals surface area contributed by atoms with Gasteiger partial charge in [0, 0.05) is 5.70 Å². The second-order valence-corrected chi connectivity index (χ2v) is 3.24. The van der Waals surface area contributed by atoms with Crippen LogP contribution in [0.4, 0.5) is 0 Å². The molecule has 0 bridgehead atoms. The predicted molar refractivity (Wildman–Crippen MR) is 59.8 cm³/mol. The summed E-state index contributed by atoms with van der Waals surface area (Å²) in [6.07, 6.45) is 1.65. The first-order valence-corrected chi connectivity index (χ1v) is 4.40. The number of benzene rings is 1. The summed E-state index contributed by atoms with van der Waals surface area (Å²) < 4.78 is 0. The van der Waals surface area contributed by atoms with Crippen LogP contribution < -0.4 is 5.73 Å². The lowest BCUT2D eigenvalue weighted by Crippen LogP contribution is -1.97. The van der Waals surface area contributed by atoms with Crippen molar-refractivity contribution in [3.8, 4) is 11.8 Å². The van der Waals surface area contributed by atoms with Crippen LogP contribution in [-0.4, -0.2) is 5.11 Å². The second kappa shape index (κ2) is 4.34. The zero-order valence-electron chi connectivity index (χ0n) is 8.49. The van der Waals surface area contributed by atoms with Crippen molar-refractivity contribution in [2.75, 3.05) is 0 Å². The van der Waals surface area contributed by atoms with Gasteiger partial charge in [-0.15, -0.1) is 0 Å². The van der Waals surface area contributed by atoms with Gasteiger partial charge in [-0.1, -0.05) is 12.6 Å². The fourth-order valence-corrected chi connectivity index (χ4v) is 1.17. The highest BCUT2D eigenvalue weighted by Crippen LogP contribution is 2.19. The molecule has 0 saturated carbocycles. The third-order valence-electron chi connectivity index (χ3n) is 2.02. The zero-order chi connectivity index (χ0) is 11.4. The Morgan fingerprint density at radius 1 is 1.60 bits per heavy atom. The Bertz CT molecular complexity index is 467. The van der Waals surface area contributed by atoms with E-state index in [-0.39, 0.29) is 11.4 Å². The molecule has 3 N–H and O–H groups in total. The minimum absolute atomic E-state index is 0.203. The van der Waals surface area contributed by atoms with Crippen LogP contribution >= 0.6 is 0 Å². The van der Waals surface area contributed by atoms with Gasteiger partial charge in [0.05, 0.1) is 5.57 Å². The number of nitrogens with two attached hydrogens (primary N) is 1. The number of allylic oxidation sites excluding steroid dienone is 1. The minimum atomic E-state index is 0.203. The van der Waals surface area contributed by atoms with Crippen LogP contribution in [0.25, 0.3) is 6.08 Å². The maximum atomic E-state index is 9.21. The number of phenols is 1.